The molecule has 1 atom stereocenters. The minimum Gasteiger partial charge on any atom is -0.308 e. The SMILES string of the molecule is CC(Cn1nc(C(F)(F)F)cc1C1CC1)C(=O)Nc1nn(Cc2ccccc2F)cc1Cl. The van der Waals surface area contributed by atoms with E-state index >= 15 is 0 Å². The summed E-state index contributed by atoms with van der Waals surface area (Å²) in [5, 5.41) is 10.6. The zero-order valence-corrected chi connectivity index (χ0v) is 17.8. The van der Waals surface area contributed by atoms with Gasteiger partial charge < -0.3 is 5.32 Å². The number of aromatic nitrogens is 4. The van der Waals surface area contributed by atoms with Crippen LogP contribution >= 0.6 is 11.6 Å². The van der Waals surface area contributed by atoms with Crippen molar-refractivity contribution >= 4 is 23.3 Å². The lowest BCUT2D eigenvalue weighted by Crippen LogP contribution is -2.26. The zero-order valence-electron chi connectivity index (χ0n) is 17.0. The molecule has 1 fully saturated rings. The molecule has 1 N–H and O–H groups in total. The van der Waals surface area contributed by atoms with E-state index in [2.05, 4.69) is 15.5 Å². The van der Waals surface area contributed by atoms with Crippen molar-refractivity contribution in [2.45, 2.75) is 44.9 Å². The van der Waals surface area contributed by atoms with Crippen molar-refractivity contribution < 1.29 is 22.4 Å². The number of nitrogens with zero attached hydrogens (tertiary/aromatic N) is 4. The highest BCUT2D eigenvalue weighted by molar-refractivity contribution is 6.33. The molecular formula is C21H20ClF4N5O. The van der Waals surface area contributed by atoms with Gasteiger partial charge in [0.25, 0.3) is 0 Å². The Bertz CT molecular complexity index is 1140. The first-order chi connectivity index (χ1) is 15.1. The topological polar surface area (TPSA) is 64.7 Å². The maximum atomic E-state index is 13.9. The molecule has 3 aromatic rings. The largest absolute Gasteiger partial charge is 0.435 e. The number of anilines is 1. The standard InChI is InChI=1S/C21H20ClF4N5O/c1-12(9-31-17(13-6-7-13)8-18(28-31)21(24,25)26)20(32)27-19-15(22)11-30(29-19)10-14-4-2-3-5-16(14)23/h2-5,8,11-13H,6-7,9-10H2,1H3,(H,27,29,32). The van der Waals surface area contributed by atoms with E-state index in [0.29, 0.717) is 11.3 Å². The highest BCUT2D eigenvalue weighted by atomic mass is 35.5. The van der Waals surface area contributed by atoms with Crippen LogP contribution in [0, 0.1) is 11.7 Å². The van der Waals surface area contributed by atoms with Gasteiger partial charge in [-0.15, -0.1) is 0 Å². The van der Waals surface area contributed by atoms with Gasteiger partial charge in [-0.1, -0.05) is 36.7 Å². The van der Waals surface area contributed by atoms with Crippen molar-refractivity contribution in [3.63, 3.8) is 0 Å². The number of hydrogen-bond acceptors (Lipinski definition) is 3. The average molecular weight is 470 g/mol. The number of benzene rings is 1. The van der Waals surface area contributed by atoms with E-state index < -0.39 is 23.7 Å². The number of amides is 1. The monoisotopic (exact) mass is 469 g/mol. The molecular weight excluding hydrogens is 450 g/mol. The molecule has 2 aromatic heterocycles. The molecule has 1 amide bonds. The van der Waals surface area contributed by atoms with E-state index in [9.17, 15) is 22.4 Å². The smallest absolute Gasteiger partial charge is 0.308 e. The number of alkyl halides is 3. The van der Waals surface area contributed by atoms with Gasteiger partial charge in [0.15, 0.2) is 11.5 Å². The van der Waals surface area contributed by atoms with Crippen LogP contribution in [-0.4, -0.2) is 25.5 Å². The molecule has 170 valence electrons. The molecule has 0 spiro atoms. The van der Waals surface area contributed by atoms with E-state index in [1.54, 1.807) is 25.1 Å². The molecule has 0 bridgehead atoms. The Kier molecular flexibility index (Phi) is 5.98. The summed E-state index contributed by atoms with van der Waals surface area (Å²) >= 11 is 6.15. The van der Waals surface area contributed by atoms with Crippen molar-refractivity contribution in [3.8, 4) is 0 Å². The van der Waals surface area contributed by atoms with Gasteiger partial charge in [-0.2, -0.15) is 23.4 Å². The highest BCUT2D eigenvalue weighted by Crippen LogP contribution is 2.42. The second kappa shape index (κ2) is 8.57. The fraction of sp³-hybridized carbons (Fsp3) is 0.381. The summed E-state index contributed by atoms with van der Waals surface area (Å²) in [7, 11) is 0. The maximum absolute atomic E-state index is 13.9. The summed E-state index contributed by atoms with van der Waals surface area (Å²) in [4.78, 5) is 12.6. The van der Waals surface area contributed by atoms with Crippen LogP contribution in [0.25, 0.3) is 0 Å². The second-order valence-corrected chi connectivity index (χ2v) is 8.32. The van der Waals surface area contributed by atoms with Gasteiger partial charge in [-0.3, -0.25) is 14.2 Å². The molecule has 11 heteroatoms. The number of nitrogens with one attached hydrogen (secondary N) is 1. The predicted octanol–water partition coefficient (Wildman–Crippen LogP) is 5.09. The summed E-state index contributed by atoms with van der Waals surface area (Å²) in [5.41, 5.74) is -0.0595. The highest BCUT2D eigenvalue weighted by Gasteiger charge is 2.38. The van der Waals surface area contributed by atoms with Crippen molar-refractivity contribution in [1.29, 1.82) is 0 Å². The Morgan fingerprint density at radius 2 is 2.00 bits per heavy atom. The summed E-state index contributed by atoms with van der Waals surface area (Å²) in [6.07, 6.45) is -1.47. The third kappa shape index (κ3) is 4.95. The van der Waals surface area contributed by atoms with Crippen LogP contribution in [0.15, 0.2) is 36.5 Å². The molecule has 32 heavy (non-hydrogen) atoms. The fourth-order valence-corrected chi connectivity index (χ4v) is 3.57. The molecule has 4 rings (SSSR count). The lowest BCUT2D eigenvalue weighted by molar-refractivity contribution is -0.141. The minimum absolute atomic E-state index is 0.0126. The molecule has 1 aliphatic rings. The van der Waals surface area contributed by atoms with Crippen LogP contribution in [-0.2, 0) is 24.1 Å². The molecule has 6 nitrogen and oxygen atoms in total. The molecule has 1 unspecified atom stereocenters. The molecule has 0 aliphatic heterocycles. The summed E-state index contributed by atoms with van der Waals surface area (Å²) < 4.78 is 55.7. The van der Waals surface area contributed by atoms with Crippen LogP contribution in [0.1, 0.15) is 42.6 Å². The van der Waals surface area contributed by atoms with Gasteiger partial charge in [0.1, 0.15) is 10.8 Å². The van der Waals surface area contributed by atoms with Crippen molar-refractivity contribution in [1.82, 2.24) is 19.6 Å². The summed E-state index contributed by atoms with van der Waals surface area (Å²) in [6, 6.07) is 7.28. The number of hydrogen-bond donors (Lipinski definition) is 1. The van der Waals surface area contributed by atoms with Crippen molar-refractivity contribution in [3.05, 3.63) is 64.3 Å². The lowest BCUT2D eigenvalue weighted by atomic mass is 10.1. The first-order valence-electron chi connectivity index (χ1n) is 10.0. The number of halogens is 5. The van der Waals surface area contributed by atoms with Crippen LogP contribution in [0.2, 0.25) is 5.02 Å². The molecule has 0 radical (unpaired) electrons. The summed E-state index contributed by atoms with van der Waals surface area (Å²) in [5.74, 6) is -1.41. The van der Waals surface area contributed by atoms with Gasteiger partial charge in [-0.05, 0) is 25.0 Å². The molecule has 1 aliphatic carbocycles. The normalized spacial score (nSPS) is 15.1. The van der Waals surface area contributed by atoms with Gasteiger partial charge >= 0.3 is 6.18 Å². The minimum atomic E-state index is -4.54. The Labute approximate surface area is 186 Å². The molecule has 2 heterocycles. The quantitative estimate of drug-likeness (QED) is 0.490. The zero-order chi connectivity index (χ0) is 23.0. The third-order valence-corrected chi connectivity index (χ3v) is 5.52. The second-order valence-electron chi connectivity index (χ2n) is 7.91. The number of rotatable bonds is 7. The third-order valence-electron chi connectivity index (χ3n) is 5.24. The van der Waals surface area contributed by atoms with E-state index in [-0.39, 0.29) is 35.7 Å². The lowest BCUT2D eigenvalue weighted by Gasteiger charge is -2.13. The van der Waals surface area contributed by atoms with Crippen LogP contribution in [0.4, 0.5) is 23.4 Å². The number of carbonyl (C=O) groups excluding carboxylic acids is 1. The number of carbonyl (C=O) groups is 1. The Balaban J connectivity index is 1.44. The molecule has 0 saturated heterocycles. The summed E-state index contributed by atoms with van der Waals surface area (Å²) in [6.45, 7) is 1.70. The Morgan fingerprint density at radius 3 is 2.66 bits per heavy atom. The first-order valence-corrected chi connectivity index (χ1v) is 10.4. The van der Waals surface area contributed by atoms with Crippen LogP contribution < -0.4 is 5.32 Å². The van der Waals surface area contributed by atoms with Crippen LogP contribution in [0.5, 0.6) is 0 Å². The van der Waals surface area contributed by atoms with Crippen LogP contribution in [0.3, 0.4) is 0 Å². The Morgan fingerprint density at radius 1 is 1.28 bits per heavy atom. The van der Waals surface area contributed by atoms with E-state index in [4.69, 9.17) is 11.6 Å². The van der Waals surface area contributed by atoms with Gasteiger partial charge in [0, 0.05) is 23.4 Å². The van der Waals surface area contributed by atoms with Crippen molar-refractivity contribution in [2.75, 3.05) is 5.32 Å². The molecule has 1 aromatic carbocycles. The van der Waals surface area contributed by atoms with Gasteiger partial charge in [0.2, 0.25) is 5.91 Å². The predicted molar refractivity (Wildman–Crippen MR) is 110 cm³/mol. The fourth-order valence-electron chi connectivity index (χ4n) is 3.37. The molecule has 1 saturated carbocycles. The average Bonchev–Trinajstić information content (AvgIpc) is 3.38. The first kappa shape index (κ1) is 22.3. The van der Waals surface area contributed by atoms with E-state index in [1.165, 1.54) is 21.6 Å². The van der Waals surface area contributed by atoms with E-state index in [1.807, 2.05) is 0 Å². The van der Waals surface area contributed by atoms with Gasteiger partial charge in [0.05, 0.1) is 19.0 Å². The van der Waals surface area contributed by atoms with Gasteiger partial charge in [-0.25, -0.2) is 4.39 Å². The maximum Gasteiger partial charge on any atom is 0.435 e. The Hall–Kier alpha value is -2.88. The van der Waals surface area contributed by atoms with Crippen molar-refractivity contribution in [2.24, 2.45) is 5.92 Å². The van der Waals surface area contributed by atoms with E-state index in [0.717, 1.165) is 18.9 Å².